The molecule has 1 N–H and O–H groups in total. The van der Waals surface area contributed by atoms with Crippen LogP contribution < -0.4 is 5.44 Å². The van der Waals surface area contributed by atoms with Gasteiger partial charge in [0.2, 0.25) is 0 Å². The Morgan fingerprint density at radius 2 is 2.50 bits per heavy atom. The number of fused-ring (bicyclic) bond motifs is 1. The SMILES string of the molecule is CCN1CCc2c(P)n[nH]c2C1. The van der Waals surface area contributed by atoms with Gasteiger partial charge in [0.05, 0.1) is 11.1 Å². The smallest absolute Gasteiger partial charge is 0.0822 e. The van der Waals surface area contributed by atoms with Crippen LogP contribution in [0.2, 0.25) is 0 Å². The van der Waals surface area contributed by atoms with Gasteiger partial charge in [-0.1, -0.05) is 16.2 Å². The van der Waals surface area contributed by atoms with E-state index in [1.807, 2.05) is 0 Å². The molecule has 2 rings (SSSR count). The van der Waals surface area contributed by atoms with Crippen molar-refractivity contribution < 1.29 is 0 Å². The Hall–Kier alpha value is -0.400. The summed E-state index contributed by atoms with van der Waals surface area (Å²) in [6, 6.07) is 0. The molecule has 0 saturated carbocycles. The van der Waals surface area contributed by atoms with Gasteiger partial charge in [0.25, 0.3) is 0 Å². The van der Waals surface area contributed by atoms with Crippen LogP contribution >= 0.6 is 9.24 Å². The topological polar surface area (TPSA) is 31.9 Å². The van der Waals surface area contributed by atoms with Crippen LogP contribution in [-0.2, 0) is 13.0 Å². The molecule has 0 radical (unpaired) electrons. The van der Waals surface area contributed by atoms with Crippen LogP contribution in [-0.4, -0.2) is 28.2 Å². The number of nitrogens with one attached hydrogen (secondary N) is 1. The molecule has 0 spiro atoms. The summed E-state index contributed by atoms with van der Waals surface area (Å²) in [6.07, 6.45) is 1.14. The zero-order valence-corrected chi connectivity index (χ0v) is 8.45. The molecular weight excluding hydrogens is 169 g/mol. The number of rotatable bonds is 1. The second-order valence-electron chi connectivity index (χ2n) is 3.18. The van der Waals surface area contributed by atoms with E-state index in [1.54, 1.807) is 0 Å². The third kappa shape index (κ3) is 1.27. The van der Waals surface area contributed by atoms with Gasteiger partial charge in [0.15, 0.2) is 0 Å². The Morgan fingerprint density at radius 3 is 3.25 bits per heavy atom. The Kier molecular flexibility index (Phi) is 2.16. The van der Waals surface area contributed by atoms with Crippen molar-refractivity contribution in [1.82, 2.24) is 15.1 Å². The summed E-state index contributed by atoms with van der Waals surface area (Å²) >= 11 is 0. The Labute approximate surface area is 74.7 Å². The maximum Gasteiger partial charge on any atom is 0.0822 e. The van der Waals surface area contributed by atoms with Gasteiger partial charge in [-0.3, -0.25) is 10.00 Å². The highest BCUT2D eigenvalue weighted by Crippen LogP contribution is 2.15. The molecule has 1 aliphatic rings. The molecule has 1 atom stereocenters. The van der Waals surface area contributed by atoms with Gasteiger partial charge in [0.1, 0.15) is 0 Å². The van der Waals surface area contributed by atoms with Crippen molar-refractivity contribution in [3.63, 3.8) is 0 Å². The van der Waals surface area contributed by atoms with Crippen LogP contribution in [0.4, 0.5) is 0 Å². The van der Waals surface area contributed by atoms with Gasteiger partial charge in [0, 0.05) is 18.7 Å². The van der Waals surface area contributed by atoms with Crippen LogP contribution in [0.5, 0.6) is 0 Å². The molecule has 0 aliphatic carbocycles. The molecule has 3 nitrogen and oxygen atoms in total. The molecule has 4 heteroatoms. The fourth-order valence-corrected chi connectivity index (χ4v) is 2.05. The van der Waals surface area contributed by atoms with E-state index in [-0.39, 0.29) is 0 Å². The number of hydrogen-bond acceptors (Lipinski definition) is 2. The van der Waals surface area contributed by atoms with E-state index in [0.717, 1.165) is 24.9 Å². The van der Waals surface area contributed by atoms with Crippen molar-refractivity contribution >= 4 is 14.7 Å². The van der Waals surface area contributed by atoms with Crippen LogP contribution in [0.15, 0.2) is 0 Å². The predicted octanol–water partition coefficient (Wildman–Crippen LogP) is 0.288. The van der Waals surface area contributed by atoms with Crippen LogP contribution in [0.25, 0.3) is 0 Å². The van der Waals surface area contributed by atoms with E-state index in [1.165, 1.54) is 17.8 Å². The molecule has 1 unspecified atom stereocenters. The Balaban J connectivity index is 2.24. The summed E-state index contributed by atoms with van der Waals surface area (Å²) < 4.78 is 0. The maximum atomic E-state index is 4.18. The van der Waals surface area contributed by atoms with Crippen LogP contribution in [0, 0.1) is 0 Å². The molecule has 0 amide bonds. The normalized spacial score (nSPS) is 17.8. The molecule has 0 aromatic carbocycles. The first kappa shape index (κ1) is 8.21. The zero-order chi connectivity index (χ0) is 8.55. The monoisotopic (exact) mass is 183 g/mol. The van der Waals surface area contributed by atoms with Crippen molar-refractivity contribution in [3.05, 3.63) is 11.3 Å². The second-order valence-corrected chi connectivity index (χ2v) is 3.73. The lowest BCUT2D eigenvalue weighted by Gasteiger charge is -2.24. The summed E-state index contributed by atoms with van der Waals surface area (Å²) in [7, 11) is 2.68. The van der Waals surface area contributed by atoms with Crippen molar-refractivity contribution in [2.75, 3.05) is 13.1 Å². The molecule has 0 fully saturated rings. The summed E-state index contributed by atoms with van der Waals surface area (Å²) in [5.74, 6) is 0. The first-order valence-electron chi connectivity index (χ1n) is 4.35. The van der Waals surface area contributed by atoms with Crippen molar-refractivity contribution in [3.8, 4) is 0 Å². The minimum atomic E-state index is 1.03. The third-order valence-electron chi connectivity index (χ3n) is 2.49. The van der Waals surface area contributed by atoms with E-state index >= 15 is 0 Å². The number of likely N-dealkylation sites (N-methyl/N-ethyl adjacent to an activating group) is 1. The molecular formula is C8H14N3P. The van der Waals surface area contributed by atoms with Gasteiger partial charge < -0.3 is 0 Å². The van der Waals surface area contributed by atoms with E-state index < -0.39 is 0 Å². The molecule has 1 aliphatic heterocycles. The first-order valence-corrected chi connectivity index (χ1v) is 4.93. The molecule has 66 valence electrons. The predicted molar refractivity (Wildman–Crippen MR) is 52.6 cm³/mol. The largest absolute Gasteiger partial charge is 0.297 e. The molecule has 0 bridgehead atoms. The summed E-state index contributed by atoms with van der Waals surface area (Å²) in [6.45, 7) is 5.53. The number of H-pyrrole nitrogens is 1. The summed E-state index contributed by atoms with van der Waals surface area (Å²) in [5.41, 5.74) is 3.80. The quantitative estimate of drug-likeness (QED) is 0.634. The van der Waals surface area contributed by atoms with E-state index in [2.05, 4.69) is 31.3 Å². The minimum absolute atomic E-state index is 1.03. The highest BCUT2D eigenvalue weighted by molar-refractivity contribution is 7.27. The minimum Gasteiger partial charge on any atom is -0.297 e. The molecule has 0 saturated heterocycles. The maximum absolute atomic E-state index is 4.18. The molecule has 12 heavy (non-hydrogen) atoms. The number of aromatic nitrogens is 2. The third-order valence-corrected chi connectivity index (χ3v) is 2.97. The average Bonchev–Trinajstić information content (AvgIpc) is 2.47. The van der Waals surface area contributed by atoms with E-state index in [0.29, 0.717) is 0 Å². The second kappa shape index (κ2) is 3.15. The Morgan fingerprint density at radius 1 is 1.67 bits per heavy atom. The molecule has 1 aromatic heterocycles. The van der Waals surface area contributed by atoms with Crippen molar-refractivity contribution in [2.45, 2.75) is 19.9 Å². The first-order chi connectivity index (χ1) is 5.81. The van der Waals surface area contributed by atoms with E-state index in [4.69, 9.17) is 0 Å². The van der Waals surface area contributed by atoms with Gasteiger partial charge in [-0.25, -0.2) is 0 Å². The lowest BCUT2D eigenvalue weighted by molar-refractivity contribution is 0.265. The number of aromatic amines is 1. The lowest BCUT2D eigenvalue weighted by atomic mass is 10.1. The van der Waals surface area contributed by atoms with Gasteiger partial charge >= 0.3 is 0 Å². The highest BCUT2D eigenvalue weighted by atomic mass is 31.0. The standard InChI is InChI=1S/C8H14N3P/c1-2-11-4-3-6-7(5-11)9-10-8(6)12/h2-5,12H2,1H3,(H,9,10). The molecule has 1 aromatic rings. The van der Waals surface area contributed by atoms with Gasteiger partial charge in [-0.05, 0) is 13.0 Å². The lowest BCUT2D eigenvalue weighted by Crippen LogP contribution is -2.31. The van der Waals surface area contributed by atoms with Crippen molar-refractivity contribution in [2.24, 2.45) is 0 Å². The highest BCUT2D eigenvalue weighted by Gasteiger charge is 2.18. The zero-order valence-electron chi connectivity index (χ0n) is 7.30. The fraction of sp³-hybridized carbons (Fsp3) is 0.625. The fourth-order valence-electron chi connectivity index (χ4n) is 1.67. The summed E-state index contributed by atoms with van der Waals surface area (Å²) in [4.78, 5) is 2.42. The van der Waals surface area contributed by atoms with E-state index in [9.17, 15) is 0 Å². The van der Waals surface area contributed by atoms with Gasteiger partial charge in [-0.15, -0.1) is 0 Å². The van der Waals surface area contributed by atoms with Crippen LogP contribution in [0.3, 0.4) is 0 Å². The Bertz CT molecular complexity index is 282. The average molecular weight is 183 g/mol. The van der Waals surface area contributed by atoms with Crippen LogP contribution in [0.1, 0.15) is 18.2 Å². The number of hydrogen-bond donors (Lipinski definition) is 1. The summed E-state index contributed by atoms with van der Waals surface area (Å²) in [5, 5.41) is 7.26. The molecule has 2 heterocycles. The van der Waals surface area contributed by atoms with Gasteiger partial charge in [-0.2, -0.15) is 5.10 Å². The number of nitrogens with zero attached hydrogens (tertiary/aromatic N) is 2. The van der Waals surface area contributed by atoms with Crippen molar-refractivity contribution in [1.29, 1.82) is 0 Å².